The Morgan fingerprint density at radius 3 is 2.56 bits per heavy atom. The minimum Gasteiger partial charge on any atom is -0.496 e. The third-order valence-electron chi connectivity index (χ3n) is 4.86. The van der Waals surface area contributed by atoms with E-state index in [0.717, 1.165) is 35.2 Å². The molecule has 2 N–H and O–H groups in total. The van der Waals surface area contributed by atoms with Crippen LogP contribution in [0.1, 0.15) is 18.4 Å². The fourth-order valence-electron chi connectivity index (χ4n) is 3.37. The Kier molecular flexibility index (Phi) is 6.64. The van der Waals surface area contributed by atoms with Crippen molar-refractivity contribution in [2.45, 2.75) is 25.0 Å². The van der Waals surface area contributed by atoms with Crippen molar-refractivity contribution in [2.75, 3.05) is 27.3 Å². The fourth-order valence-corrected chi connectivity index (χ4v) is 3.37. The van der Waals surface area contributed by atoms with Crippen molar-refractivity contribution in [1.82, 2.24) is 10.6 Å². The van der Waals surface area contributed by atoms with Gasteiger partial charge in [0.15, 0.2) is 0 Å². The number of methoxy groups -OCH3 is 2. The monoisotopic (exact) mass is 364 g/mol. The Balaban J connectivity index is 0.00000225. The van der Waals surface area contributed by atoms with Gasteiger partial charge in [-0.15, -0.1) is 12.4 Å². The van der Waals surface area contributed by atoms with Gasteiger partial charge < -0.3 is 20.1 Å². The van der Waals surface area contributed by atoms with E-state index in [1.807, 2.05) is 24.3 Å². The van der Waals surface area contributed by atoms with E-state index in [2.05, 4.69) is 22.8 Å². The molecule has 1 amide bonds. The average Bonchev–Trinajstić information content (AvgIpc) is 2.66. The molecular weight excluding hydrogens is 340 g/mol. The normalized spacial score (nSPS) is 16.1. The van der Waals surface area contributed by atoms with Crippen molar-refractivity contribution in [2.24, 2.45) is 0 Å². The van der Waals surface area contributed by atoms with Crippen LogP contribution >= 0.6 is 12.4 Å². The molecule has 0 radical (unpaired) electrons. The lowest BCUT2D eigenvalue weighted by atomic mass is 9.91. The van der Waals surface area contributed by atoms with Gasteiger partial charge in [-0.25, -0.2) is 0 Å². The largest absolute Gasteiger partial charge is 0.496 e. The van der Waals surface area contributed by atoms with E-state index >= 15 is 0 Å². The maximum atomic E-state index is 12.8. The van der Waals surface area contributed by atoms with Crippen LogP contribution in [0.25, 0.3) is 10.8 Å². The fraction of sp³-hybridized carbons (Fsp3) is 0.421. The molecule has 5 nitrogen and oxygen atoms in total. The lowest BCUT2D eigenvalue weighted by Gasteiger charge is -2.34. The summed E-state index contributed by atoms with van der Waals surface area (Å²) in [6, 6.07) is 12.1. The summed E-state index contributed by atoms with van der Waals surface area (Å²) >= 11 is 0. The number of carbonyl (C=O) groups excluding carboxylic acids is 1. The van der Waals surface area contributed by atoms with Crippen LogP contribution in [-0.4, -0.2) is 38.8 Å². The molecule has 0 saturated carbocycles. The first-order chi connectivity index (χ1) is 11.7. The molecule has 0 unspecified atom stereocenters. The third-order valence-corrected chi connectivity index (χ3v) is 4.86. The van der Waals surface area contributed by atoms with E-state index in [4.69, 9.17) is 9.47 Å². The maximum absolute atomic E-state index is 12.8. The average molecular weight is 365 g/mol. The van der Waals surface area contributed by atoms with Crippen molar-refractivity contribution in [3.05, 3.63) is 42.0 Å². The number of ether oxygens (including phenoxy) is 2. The Hall–Kier alpha value is -1.82. The summed E-state index contributed by atoms with van der Waals surface area (Å²) in [5.74, 6) is 0.729. The molecule has 2 aromatic carbocycles. The molecule has 0 aliphatic carbocycles. The number of hydrogen-bond donors (Lipinski definition) is 2. The molecule has 0 spiro atoms. The topological polar surface area (TPSA) is 59.6 Å². The second kappa shape index (κ2) is 8.52. The van der Waals surface area contributed by atoms with Crippen molar-refractivity contribution >= 4 is 29.1 Å². The molecule has 0 atom stereocenters. The Morgan fingerprint density at radius 2 is 1.88 bits per heavy atom. The summed E-state index contributed by atoms with van der Waals surface area (Å²) in [5, 5.41) is 8.54. The van der Waals surface area contributed by atoms with Crippen LogP contribution in [0.3, 0.4) is 0 Å². The van der Waals surface area contributed by atoms with Gasteiger partial charge in [0, 0.05) is 19.2 Å². The molecule has 25 heavy (non-hydrogen) atoms. The number of carbonyl (C=O) groups is 1. The number of benzene rings is 2. The van der Waals surface area contributed by atoms with Gasteiger partial charge >= 0.3 is 0 Å². The van der Waals surface area contributed by atoms with Gasteiger partial charge in [-0.3, -0.25) is 4.79 Å². The molecule has 0 bridgehead atoms. The van der Waals surface area contributed by atoms with E-state index in [1.165, 1.54) is 0 Å². The van der Waals surface area contributed by atoms with Crippen molar-refractivity contribution in [1.29, 1.82) is 0 Å². The van der Waals surface area contributed by atoms with Gasteiger partial charge in [0.05, 0.1) is 7.11 Å². The standard InChI is InChI=1S/C19H24N2O3.ClH/c1-23-17-8-7-14-5-3-4-6-15(14)16(17)13-21-18(22)19(24-2)9-11-20-12-10-19;/h3-8,20H,9-13H2,1-2H3,(H,21,22);1H. The highest BCUT2D eigenvalue weighted by molar-refractivity contribution is 5.89. The highest BCUT2D eigenvalue weighted by Crippen LogP contribution is 2.28. The van der Waals surface area contributed by atoms with Gasteiger partial charge in [0.1, 0.15) is 11.4 Å². The highest BCUT2D eigenvalue weighted by atomic mass is 35.5. The molecule has 1 aliphatic rings. The number of hydrogen-bond acceptors (Lipinski definition) is 4. The van der Waals surface area contributed by atoms with Crippen LogP contribution < -0.4 is 15.4 Å². The minimum atomic E-state index is -0.733. The molecule has 2 aromatic rings. The molecular formula is C19H25ClN2O3. The summed E-state index contributed by atoms with van der Waals surface area (Å²) in [6.07, 6.45) is 1.37. The maximum Gasteiger partial charge on any atom is 0.252 e. The van der Waals surface area contributed by atoms with Gasteiger partial charge in [0.2, 0.25) is 0 Å². The van der Waals surface area contributed by atoms with Crippen LogP contribution in [0.4, 0.5) is 0 Å². The summed E-state index contributed by atoms with van der Waals surface area (Å²) in [6.45, 7) is 2.00. The first kappa shape index (κ1) is 19.5. The van der Waals surface area contributed by atoms with Gasteiger partial charge in [-0.05, 0) is 42.8 Å². The van der Waals surface area contributed by atoms with Crippen LogP contribution in [0.15, 0.2) is 36.4 Å². The number of piperidine rings is 1. The highest BCUT2D eigenvalue weighted by Gasteiger charge is 2.39. The molecule has 0 aromatic heterocycles. The summed E-state index contributed by atoms with van der Waals surface area (Å²) in [5.41, 5.74) is 0.257. The van der Waals surface area contributed by atoms with Crippen LogP contribution in [0.5, 0.6) is 5.75 Å². The van der Waals surface area contributed by atoms with Crippen LogP contribution in [-0.2, 0) is 16.1 Å². The van der Waals surface area contributed by atoms with Crippen molar-refractivity contribution in [3.63, 3.8) is 0 Å². The molecule has 6 heteroatoms. The second-order valence-corrected chi connectivity index (χ2v) is 6.10. The predicted molar refractivity (Wildman–Crippen MR) is 101 cm³/mol. The molecule has 1 saturated heterocycles. The van der Waals surface area contributed by atoms with Gasteiger partial charge in [-0.1, -0.05) is 30.3 Å². The van der Waals surface area contributed by atoms with E-state index in [1.54, 1.807) is 14.2 Å². The zero-order valence-corrected chi connectivity index (χ0v) is 15.4. The number of rotatable bonds is 5. The zero-order valence-electron chi connectivity index (χ0n) is 14.6. The lowest BCUT2D eigenvalue weighted by Crippen LogP contribution is -2.53. The summed E-state index contributed by atoms with van der Waals surface area (Å²) in [4.78, 5) is 12.8. The van der Waals surface area contributed by atoms with E-state index < -0.39 is 5.60 Å². The smallest absolute Gasteiger partial charge is 0.252 e. The minimum absolute atomic E-state index is 0. The number of fused-ring (bicyclic) bond motifs is 1. The Morgan fingerprint density at radius 1 is 1.16 bits per heavy atom. The first-order valence-electron chi connectivity index (χ1n) is 8.29. The second-order valence-electron chi connectivity index (χ2n) is 6.10. The van der Waals surface area contributed by atoms with Crippen LogP contribution in [0.2, 0.25) is 0 Å². The Labute approximate surface area is 154 Å². The zero-order chi connectivity index (χ0) is 17.0. The van der Waals surface area contributed by atoms with E-state index in [0.29, 0.717) is 19.4 Å². The molecule has 1 fully saturated rings. The Bertz CT molecular complexity index is 730. The van der Waals surface area contributed by atoms with Crippen molar-refractivity contribution < 1.29 is 14.3 Å². The lowest BCUT2D eigenvalue weighted by molar-refractivity contribution is -0.146. The SMILES string of the molecule is COc1ccc2ccccc2c1CNC(=O)C1(OC)CCNCC1.Cl. The molecule has 3 rings (SSSR count). The molecule has 136 valence electrons. The van der Waals surface area contributed by atoms with Crippen molar-refractivity contribution in [3.8, 4) is 5.75 Å². The van der Waals surface area contributed by atoms with Gasteiger partial charge in [0.25, 0.3) is 5.91 Å². The summed E-state index contributed by atoms with van der Waals surface area (Å²) < 4.78 is 11.1. The number of halogens is 1. The summed E-state index contributed by atoms with van der Waals surface area (Å²) in [7, 11) is 3.27. The van der Waals surface area contributed by atoms with E-state index in [9.17, 15) is 4.79 Å². The molecule has 1 aliphatic heterocycles. The molecule has 1 heterocycles. The third kappa shape index (κ3) is 3.89. The number of nitrogens with one attached hydrogen (secondary N) is 2. The van der Waals surface area contributed by atoms with Gasteiger partial charge in [-0.2, -0.15) is 0 Å². The van der Waals surface area contributed by atoms with Crippen LogP contribution in [0, 0.1) is 0 Å². The van der Waals surface area contributed by atoms with E-state index in [-0.39, 0.29) is 18.3 Å². The first-order valence-corrected chi connectivity index (χ1v) is 8.29. The number of amides is 1. The predicted octanol–water partition coefficient (Wildman–Crippen LogP) is 2.66. The quantitative estimate of drug-likeness (QED) is 0.856.